The van der Waals surface area contributed by atoms with Gasteiger partial charge in [-0.3, -0.25) is 4.72 Å². The van der Waals surface area contributed by atoms with E-state index in [0.717, 1.165) is 31.4 Å². The summed E-state index contributed by atoms with van der Waals surface area (Å²) in [5.74, 6) is -1.08. The number of carbonyl (C=O) groups is 1. The molecule has 6 nitrogen and oxygen atoms in total. The van der Waals surface area contributed by atoms with E-state index in [2.05, 4.69) is 11.6 Å². The van der Waals surface area contributed by atoms with Gasteiger partial charge in [-0.1, -0.05) is 32.4 Å². The first-order valence-electron chi connectivity index (χ1n) is 9.56. The van der Waals surface area contributed by atoms with Crippen LogP contribution in [0.1, 0.15) is 49.5 Å². The third kappa shape index (κ3) is 5.25. The summed E-state index contributed by atoms with van der Waals surface area (Å²) in [6.07, 6.45) is 2.78. The Morgan fingerprint density at radius 2 is 1.75 bits per heavy atom. The van der Waals surface area contributed by atoms with Crippen LogP contribution in [-0.4, -0.2) is 32.6 Å². The van der Waals surface area contributed by atoms with Crippen LogP contribution in [0.25, 0.3) is 0 Å². The summed E-state index contributed by atoms with van der Waals surface area (Å²) in [6.45, 7) is 7.48. The van der Waals surface area contributed by atoms with Crippen LogP contribution in [0.4, 0.5) is 11.4 Å². The Bertz CT molecular complexity index is 909. The summed E-state index contributed by atoms with van der Waals surface area (Å²) in [7, 11) is -3.79. The van der Waals surface area contributed by atoms with Crippen molar-refractivity contribution in [2.45, 2.75) is 44.9 Å². The van der Waals surface area contributed by atoms with Gasteiger partial charge in [-0.2, -0.15) is 0 Å². The predicted octanol–water partition coefficient (Wildman–Crippen LogP) is 4.37. The first kappa shape index (κ1) is 21.8. The second-order valence-corrected chi connectivity index (χ2v) is 8.26. The van der Waals surface area contributed by atoms with Gasteiger partial charge in [0, 0.05) is 18.8 Å². The number of nitrogens with zero attached hydrogens (tertiary/aromatic N) is 1. The summed E-state index contributed by atoms with van der Waals surface area (Å²) >= 11 is 0. The zero-order valence-electron chi connectivity index (χ0n) is 16.6. The van der Waals surface area contributed by atoms with Crippen LogP contribution >= 0.6 is 0 Å². The Kier molecular flexibility index (Phi) is 7.45. The highest BCUT2D eigenvalue weighted by Gasteiger charge is 2.19. The zero-order chi connectivity index (χ0) is 20.7. The van der Waals surface area contributed by atoms with Crippen molar-refractivity contribution in [3.63, 3.8) is 0 Å². The van der Waals surface area contributed by atoms with Crippen LogP contribution in [0.3, 0.4) is 0 Å². The maximum Gasteiger partial charge on any atom is 0.337 e. The van der Waals surface area contributed by atoms with E-state index in [-0.39, 0.29) is 16.1 Å². The third-order valence-electron chi connectivity index (χ3n) is 4.63. The molecule has 2 N–H and O–H groups in total. The zero-order valence-corrected chi connectivity index (χ0v) is 17.4. The van der Waals surface area contributed by atoms with Crippen LogP contribution in [0.15, 0.2) is 47.4 Å². The van der Waals surface area contributed by atoms with E-state index >= 15 is 0 Å². The van der Waals surface area contributed by atoms with E-state index < -0.39 is 16.0 Å². The van der Waals surface area contributed by atoms with E-state index in [1.807, 2.05) is 18.7 Å². The van der Waals surface area contributed by atoms with E-state index in [0.29, 0.717) is 12.2 Å². The molecule has 152 valence electrons. The molecule has 0 radical (unpaired) electrons. The lowest BCUT2D eigenvalue weighted by atomic mass is 10.1. The van der Waals surface area contributed by atoms with Crippen molar-refractivity contribution in [2.75, 3.05) is 22.7 Å². The fourth-order valence-corrected chi connectivity index (χ4v) is 4.01. The molecule has 0 bridgehead atoms. The van der Waals surface area contributed by atoms with Crippen molar-refractivity contribution < 1.29 is 18.3 Å². The molecule has 0 aromatic heterocycles. The van der Waals surface area contributed by atoms with Gasteiger partial charge in [0.25, 0.3) is 10.0 Å². The summed E-state index contributed by atoms with van der Waals surface area (Å²) in [4.78, 5) is 13.9. The first-order valence-corrected chi connectivity index (χ1v) is 11.0. The molecule has 7 heteroatoms. The number of carboxylic acids is 1. The number of aromatic carboxylic acids is 1. The summed E-state index contributed by atoms with van der Waals surface area (Å²) < 4.78 is 27.7. The fraction of sp³-hybridized carbons (Fsp3) is 0.381. The Balaban J connectivity index is 2.33. The molecular weight excluding hydrogens is 376 g/mol. The van der Waals surface area contributed by atoms with Crippen molar-refractivity contribution in [1.82, 2.24) is 0 Å². The average molecular weight is 405 g/mol. The van der Waals surface area contributed by atoms with E-state index in [4.69, 9.17) is 0 Å². The fourth-order valence-electron chi connectivity index (χ4n) is 2.96. The number of aryl methyl sites for hydroxylation is 1. The minimum Gasteiger partial charge on any atom is -0.478 e. The van der Waals surface area contributed by atoms with Crippen LogP contribution < -0.4 is 9.62 Å². The van der Waals surface area contributed by atoms with Gasteiger partial charge in [-0.25, -0.2) is 13.2 Å². The van der Waals surface area contributed by atoms with Crippen LogP contribution in [0.5, 0.6) is 0 Å². The molecule has 0 aliphatic rings. The van der Waals surface area contributed by atoms with E-state index in [1.165, 1.54) is 6.07 Å². The lowest BCUT2D eigenvalue weighted by Crippen LogP contribution is -2.26. The van der Waals surface area contributed by atoms with Gasteiger partial charge >= 0.3 is 5.97 Å². The molecule has 0 saturated carbocycles. The SMILES string of the molecule is CCCCN(CC)c1ccc(NS(=O)(=O)c2ccc(CC)cc2)cc1C(=O)O. The number of sulfonamides is 1. The summed E-state index contributed by atoms with van der Waals surface area (Å²) in [5.41, 5.74) is 1.95. The minimum absolute atomic E-state index is 0.0829. The number of benzene rings is 2. The van der Waals surface area contributed by atoms with Gasteiger partial charge in [0.2, 0.25) is 0 Å². The molecule has 0 aliphatic carbocycles. The highest BCUT2D eigenvalue weighted by molar-refractivity contribution is 7.92. The average Bonchev–Trinajstić information content (AvgIpc) is 2.69. The normalized spacial score (nSPS) is 11.2. The number of nitrogens with one attached hydrogen (secondary N) is 1. The molecular formula is C21H28N2O4S. The number of anilines is 2. The van der Waals surface area contributed by atoms with E-state index in [1.54, 1.807) is 36.4 Å². The summed E-state index contributed by atoms with van der Waals surface area (Å²) in [5, 5.41) is 9.63. The van der Waals surface area contributed by atoms with Gasteiger partial charge in [0.1, 0.15) is 0 Å². The van der Waals surface area contributed by atoms with Gasteiger partial charge in [-0.05, 0) is 55.7 Å². The van der Waals surface area contributed by atoms with Crippen molar-refractivity contribution in [3.8, 4) is 0 Å². The predicted molar refractivity (Wildman–Crippen MR) is 113 cm³/mol. The lowest BCUT2D eigenvalue weighted by Gasteiger charge is -2.25. The summed E-state index contributed by atoms with van der Waals surface area (Å²) in [6, 6.07) is 11.3. The van der Waals surface area contributed by atoms with Crippen molar-refractivity contribution in [3.05, 3.63) is 53.6 Å². The Morgan fingerprint density at radius 1 is 1.07 bits per heavy atom. The number of hydrogen-bond acceptors (Lipinski definition) is 4. The molecule has 0 saturated heterocycles. The van der Waals surface area contributed by atoms with Gasteiger partial charge < -0.3 is 10.0 Å². The Morgan fingerprint density at radius 3 is 2.29 bits per heavy atom. The quantitative estimate of drug-likeness (QED) is 0.614. The van der Waals surface area contributed by atoms with Crippen LogP contribution in [0.2, 0.25) is 0 Å². The van der Waals surface area contributed by atoms with Crippen molar-refractivity contribution >= 4 is 27.4 Å². The van der Waals surface area contributed by atoms with Gasteiger partial charge in [0.15, 0.2) is 0 Å². The molecule has 2 aromatic carbocycles. The smallest absolute Gasteiger partial charge is 0.337 e. The molecule has 28 heavy (non-hydrogen) atoms. The van der Waals surface area contributed by atoms with Crippen molar-refractivity contribution in [1.29, 1.82) is 0 Å². The number of hydrogen-bond donors (Lipinski definition) is 2. The third-order valence-corrected chi connectivity index (χ3v) is 6.02. The standard InChI is InChI=1S/C21H28N2O4S/c1-4-7-14-23(6-3)20-13-10-17(15-19(20)21(24)25)22-28(26,27)18-11-8-16(5-2)9-12-18/h8-13,15,22H,4-7,14H2,1-3H3,(H,24,25). The monoisotopic (exact) mass is 404 g/mol. The number of carboxylic acid groups (broad SMARTS) is 1. The van der Waals surface area contributed by atoms with E-state index in [9.17, 15) is 18.3 Å². The molecule has 2 rings (SSSR count). The van der Waals surface area contributed by atoms with Crippen LogP contribution in [-0.2, 0) is 16.4 Å². The molecule has 0 heterocycles. The maximum atomic E-state index is 12.6. The second kappa shape index (κ2) is 9.59. The first-order chi connectivity index (χ1) is 13.3. The maximum absolute atomic E-state index is 12.6. The Hall–Kier alpha value is -2.54. The minimum atomic E-state index is -3.79. The van der Waals surface area contributed by atoms with Gasteiger partial charge in [0.05, 0.1) is 16.1 Å². The molecule has 0 amide bonds. The molecule has 0 spiro atoms. The largest absolute Gasteiger partial charge is 0.478 e. The highest BCUT2D eigenvalue weighted by Crippen LogP contribution is 2.26. The molecule has 0 aliphatic heterocycles. The molecule has 0 fully saturated rings. The topological polar surface area (TPSA) is 86.7 Å². The molecule has 2 aromatic rings. The molecule has 0 unspecified atom stereocenters. The molecule has 0 atom stereocenters. The lowest BCUT2D eigenvalue weighted by molar-refractivity contribution is 0.0697. The highest BCUT2D eigenvalue weighted by atomic mass is 32.2. The van der Waals surface area contributed by atoms with Gasteiger partial charge in [-0.15, -0.1) is 0 Å². The number of rotatable bonds is 10. The Labute approximate surface area is 167 Å². The second-order valence-electron chi connectivity index (χ2n) is 6.57. The number of unbranched alkanes of at least 4 members (excludes halogenated alkanes) is 1. The van der Waals surface area contributed by atoms with Crippen molar-refractivity contribution in [2.24, 2.45) is 0 Å². The van der Waals surface area contributed by atoms with Crippen LogP contribution in [0, 0.1) is 0 Å².